The van der Waals surface area contributed by atoms with Gasteiger partial charge in [0.05, 0.1) is 0 Å². The Morgan fingerprint density at radius 3 is 2.55 bits per heavy atom. The number of hydrogen-bond acceptors (Lipinski definition) is 3. The lowest BCUT2D eigenvalue weighted by Gasteiger charge is -2.27. The molecule has 0 radical (unpaired) electrons. The van der Waals surface area contributed by atoms with Crippen molar-refractivity contribution in [2.75, 3.05) is 13.1 Å². The van der Waals surface area contributed by atoms with Crippen LogP contribution in [0, 0.1) is 0 Å². The van der Waals surface area contributed by atoms with E-state index < -0.39 is 6.03 Å². The molecule has 1 aliphatic rings. The molecule has 2 amide bonds. The molecule has 11 heavy (non-hydrogen) atoms. The van der Waals surface area contributed by atoms with Crippen LogP contribution in [0.3, 0.4) is 0 Å². The second kappa shape index (κ2) is 3.54. The monoisotopic (exact) mass is 159 g/mol. The summed E-state index contributed by atoms with van der Waals surface area (Å²) in [6, 6.07) is -0.350. The number of amides is 2. The topological polar surface area (TPSA) is 78.6 Å². The highest BCUT2D eigenvalue weighted by Gasteiger charge is 2.17. The molecule has 0 bridgehead atoms. The number of urea groups is 1. The van der Waals surface area contributed by atoms with Gasteiger partial charge in [-0.25, -0.2) is 4.79 Å². The van der Waals surface area contributed by atoms with E-state index in [1.165, 1.54) is 5.06 Å². The Balaban J connectivity index is 2.22. The third kappa shape index (κ3) is 2.73. The van der Waals surface area contributed by atoms with Crippen LogP contribution in [0.1, 0.15) is 12.8 Å². The van der Waals surface area contributed by atoms with Crippen LogP contribution < -0.4 is 11.1 Å². The zero-order chi connectivity index (χ0) is 8.27. The van der Waals surface area contributed by atoms with Crippen LogP contribution in [0.15, 0.2) is 0 Å². The average Bonchev–Trinajstić information content (AvgIpc) is 1.93. The number of nitrogens with two attached hydrogens (primary N) is 1. The molecule has 5 heteroatoms. The summed E-state index contributed by atoms with van der Waals surface area (Å²) in [4.78, 5) is 10.4. The molecule has 1 rings (SSSR count). The number of piperidine rings is 1. The third-order valence-electron chi connectivity index (χ3n) is 1.82. The lowest BCUT2D eigenvalue weighted by molar-refractivity contribution is -0.107. The molecule has 1 aliphatic heterocycles. The van der Waals surface area contributed by atoms with E-state index in [1.807, 2.05) is 0 Å². The summed E-state index contributed by atoms with van der Waals surface area (Å²) in [5, 5.41) is 12.8. The Kier molecular flexibility index (Phi) is 2.67. The highest BCUT2D eigenvalue weighted by atomic mass is 16.5. The minimum absolute atomic E-state index is 0.135. The fraction of sp³-hybridized carbons (Fsp3) is 0.833. The first-order chi connectivity index (χ1) is 5.18. The van der Waals surface area contributed by atoms with Crippen molar-refractivity contribution in [3.8, 4) is 0 Å². The van der Waals surface area contributed by atoms with Gasteiger partial charge < -0.3 is 16.3 Å². The molecule has 0 aromatic carbocycles. The van der Waals surface area contributed by atoms with Gasteiger partial charge in [-0.15, -0.1) is 0 Å². The Bertz CT molecular complexity index is 143. The van der Waals surface area contributed by atoms with Crippen LogP contribution in [-0.2, 0) is 0 Å². The van der Waals surface area contributed by atoms with Gasteiger partial charge >= 0.3 is 6.03 Å². The number of primary amides is 1. The number of hydrogen-bond donors (Lipinski definition) is 3. The second-order valence-corrected chi connectivity index (χ2v) is 2.74. The lowest BCUT2D eigenvalue weighted by atomic mass is 10.1. The van der Waals surface area contributed by atoms with Gasteiger partial charge in [-0.2, -0.15) is 5.06 Å². The molecular formula is C6H13N3O2. The molecule has 0 aromatic heterocycles. The van der Waals surface area contributed by atoms with Crippen molar-refractivity contribution in [2.45, 2.75) is 18.9 Å². The molecular weight excluding hydrogens is 146 g/mol. The van der Waals surface area contributed by atoms with E-state index in [0.717, 1.165) is 12.8 Å². The van der Waals surface area contributed by atoms with Crippen molar-refractivity contribution in [1.82, 2.24) is 10.4 Å². The molecule has 1 fully saturated rings. The van der Waals surface area contributed by atoms with Crippen molar-refractivity contribution in [2.24, 2.45) is 5.73 Å². The zero-order valence-electron chi connectivity index (χ0n) is 6.29. The van der Waals surface area contributed by atoms with Crippen LogP contribution in [0.2, 0.25) is 0 Å². The van der Waals surface area contributed by atoms with Crippen molar-refractivity contribution in [1.29, 1.82) is 0 Å². The van der Waals surface area contributed by atoms with Crippen LogP contribution in [0.4, 0.5) is 4.79 Å². The zero-order valence-corrected chi connectivity index (χ0v) is 6.29. The van der Waals surface area contributed by atoms with E-state index in [-0.39, 0.29) is 6.04 Å². The number of hydroxylamine groups is 2. The molecule has 0 spiro atoms. The van der Waals surface area contributed by atoms with E-state index in [1.54, 1.807) is 0 Å². The molecule has 5 nitrogen and oxygen atoms in total. The molecule has 1 heterocycles. The Hall–Kier alpha value is -0.810. The van der Waals surface area contributed by atoms with E-state index in [9.17, 15) is 4.79 Å². The molecule has 0 atom stereocenters. The van der Waals surface area contributed by atoms with Crippen molar-refractivity contribution >= 4 is 6.03 Å². The quantitative estimate of drug-likeness (QED) is 0.483. The number of nitrogens with one attached hydrogen (secondary N) is 1. The summed E-state index contributed by atoms with van der Waals surface area (Å²) in [6.07, 6.45) is 1.53. The van der Waals surface area contributed by atoms with Gasteiger partial charge in [0.2, 0.25) is 0 Å². The van der Waals surface area contributed by atoms with E-state index in [4.69, 9.17) is 10.9 Å². The molecule has 0 saturated carbocycles. The predicted octanol–water partition coefficient (Wildman–Crippen LogP) is -0.492. The Morgan fingerprint density at radius 2 is 2.09 bits per heavy atom. The highest BCUT2D eigenvalue weighted by Crippen LogP contribution is 2.06. The van der Waals surface area contributed by atoms with E-state index in [2.05, 4.69) is 5.32 Å². The number of carbonyl (C=O) groups excluding carboxylic acids is 1. The number of carbonyl (C=O) groups is 1. The van der Waals surface area contributed by atoms with Gasteiger partial charge in [0.1, 0.15) is 0 Å². The van der Waals surface area contributed by atoms with Crippen LogP contribution >= 0.6 is 0 Å². The highest BCUT2D eigenvalue weighted by molar-refractivity contribution is 5.71. The third-order valence-corrected chi connectivity index (χ3v) is 1.82. The van der Waals surface area contributed by atoms with Gasteiger partial charge in [-0.05, 0) is 12.8 Å². The molecule has 64 valence electrons. The maximum atomic E-state index is 10.4. The predicted molar refractivity (Wildman–Crippen MR) is 39.1 cm³/mol. The maximum absolute atomic E-state index is 10.4. The number of rotatable bonds is 1. The van der Waals surface area contributed by atoms with Gasteiger partial charge in [0, 0.05) is 19.1 Å². The number of nitrogens with zero attached hydrogens (tertiary/aromatic N) is 1. The minimum Gasteiger partial charge on any atom is -0.352 e. The SMILES string of the molecule is NC(=O)NC1CCN(O)CC1. The molecule has 0 aliphatic carbocycles. The van der Waals surface area contributed by atoms with Gasteiger partial charge in [0.25, 0.3) is 0 Å². The first-order valence-corrected chi connectivity index (χ1v) is 3.68. The summed E-state index contributed by atoms with van der Waals surface area (Å²) in [5.41, 5.74) is 4.93. The first-order valence-electron chi connectivity index (χ1n) is 3.68. The largest absolute Gasteiger partial charge is 0.352 e. The van der Waals surface area contributed by atoms with Crippen molar-refractivity contribution in [3.63, 3.8) is 0 Å². The summed E-state index contributed by atoms with van der Waals surface area (Å²) in [5.74, 6) is 0. The standard InChI is InChI=1S/C6H13N3O2/c7-6(10)8-5-1-3-9(11)4-2-5/h5,11H,1-4H2,(H3,7,8,10). The summed E-state index contributed by atoms with van der Waals surface area (Å²) < 4.78 is 0. The van der Waals surface area contributed by atoms with Gasteiger partial charge in [-0.1, -0.05) is 0 Å². The van der Waals surface area contributed by atoms with Gasteiger partial charge in [-0.3, -0.25) is 0 Å². The Morgan fingerprint density at radius 1 is 1.55 bits per heavy atom. The summed E-state index contributed by atoms with van der Waals surface area (Å²) >= 11 is 0. The molecule has 1 saturated heterocycles. The van der Waals surface area contributed by atoms with Gasteiger partial charge in [0.15, 0.2) is 0 Å². The second-order valence-electron chi connectivity index (χ2n) is 2.74. The molecule has 4 N–H and O–H groups in total. The maximum Gasteiger partial charge on any atom is 0.312 e. The molecule has 0 aromatic rings. The fourth-order valence-electron chi connectivity index (χ4n) is 1.21. The first kappa shape index (κ1) is 8.29. The fourth-order valence-corrected chi connectivity index (χ4v) is 1.21. The Labute approximate surface area is 65.1 Å². The smallest absolute Gasteiger partial charge is 0.312 e. The normalized spacial score (nSPS) is 21.5. The van der Waals surface area contributed by atoms with Crippen LogP contribution in [0.25, 0.3) is 0 Å². The van der Waals surface area contributed by atoms with Crippen molar-refractivity contribution in [3.05, 3.63) is 0 Å². The minimum atomic E-state index is -0.485. The average molecular weight is 159 g/mol. The summed E-state index contributed by atoms with van der Waals surface area (Å²) in [6.45, 7) is 1.20. The van der Waals surface area contributed by atoms with E-state index >= 15 is 0 Å². The molecule has 0 unspecified atom stereocenters. The summed E-state index contributed by atoms with van der Waals surface area (Å²) in [7, 11) is 0. The van der Waals surface area contributed by atoms with Crippen molar-refractivity contribution < 1.29 is 10.0 Å². The van der Waals surface area contributed by atoms with Crippen LogP contribution in [-0.4, -0.2) is 35.4 Å². The lowest BCUT2D eigenvalue weighted by Crippen LogP contribution is -2.45. The van der Waals surface area contributed by atoms with E-state index in [0.29, 0.717) is 13.1 Å². The van der Waals surface area contributed by atoms with Crippen LogP contribution in [0.5, 0.6) is 0 Å².